The van der Waals surface area contributed by atoms with Gasteiger partial charge in [0.2, 0.25) is 10.0 Å². The quantitative estimate of drug-likeness (QED) is 0.855. The predicted octanol–water partition coefficient (Wildman–Crippen LogP) is 3.66. The van der Waals surface area contributed by atoms with Crippen LogP contribution in [0, 0.1) is 0 Å². The number of hydrogen-bond donors (Lipinski definition) is 1. The van der Waals surface area contributed by atoms with E-state index in [1.54, 1.807) is 18.2 Å². The fraction of sp³-hybridized carbons (Fsp3) is 0.200. The molecule has 1 unspecified atom stereocenters. The molecule has 4 nitrogen and oxygen atoms in total. The minimum atomic E-state index is -3.63. The van der Waals surface area contributed by atoms with E-state index in [2.05, 4.69) is 4.72 Å². The zero-order valence-corrected chi connectivity index (χ0v) is 14.1. The van der Waals surface area contributed by atoms with Gasteiger partial charge in [-0.3, -0.25) is 0 Å². The van der Waals surface area contributed by atoms with Gasteiger partial charge in [-0.25, -0.2) is 13.1 Å². The molecule has 2 aromatic carbocycles. The van der Waals surface area contributed by atoms with Gasteiger partial charge in [0.05, 0.1) is 11.0 Å². The lowest BCUT2D eigenvalue weighted by molar-refractivity contribution is 0.107. The third kappa shape index (κ3) is 4.21. The first-order chi connectivity index (χ1) is 10.4. The van der Waals surface area contributed by atoms with Gasteiger partial charge in [-0.15, -0.1) is 0 Å². The molecule has 0 radical (unpaired) electrons. The highest BCUT2D eigenvalue weighted by Crippen LogP contribution is 2.25. The summed E-state index contributed by atoms with van der Waals surface area (Å²) >= 11 is 11.9. The molecule has 0 fully saturated rings. The van der Waals surface area contributed by atoms with Gasteiger partial charge >= 0.3 is 0 Å². The molecule has 0 aliphatic carbocycles. The molecule has 2 aromatic rings. The summed E-state index contributed by atoms with van der Waals surface area (Å²) in [5, 5.41) is 1.00. The molecule has 1 N–H and O–H groups in total. The summed E-state index contributed by atoms with van der Waals surface area (Å²) in [6, 6.07) is 13.1. The minimum absolute atomic E-state index is 0.0746. The molecule has 0 aliphatic rings. The lowest BCUT2D eigenvalue weighted by Gasteiger charge is -2.18. The Morgan fingerprint density at radius 3 is 2.32 bits per heavy atom. The highest BCUT2D eigenvalue weighted by Gasteiger charge is 2.19. The highest BCUT2D eigenvalue weighted by atomic mass is 35.5. The first kappa shape index (κ1) is 17.2. The zero-order valence-electron chi connectivity index (χ0n) is 11.8. The van der Waals surface area contributed by atoms with Crippen molar-refractivity contribution in [2.24, 2.45) is 0 Å². The molecule has 0 bridgehead atoms. The van der Waals surface area contributed by atoms with Crippen LogP contribution >= 0.6 is 23.2 Å². The molecule has 0 aliphatic heterocycles. The molecule has 0 saturated carbocycles. The molecule has 22 heavy (non-hydrogen) atoms. The van der Waals surface area contributed by atoms with E-state index in [9.17, 15) is 8.42 Å². The van der Waals surface area contributed by atoms with E-state index in [1.807, 2.05) is 6.07 Å². The van der Waals surface area contributed by atoms with Gasteiger partial charge in [0, 0.05) is 29.3 Å². The summed E-state index contributed by atoms with van der Waals surface area (Å²) in [4.78, 5) is 0.144. The number of methoxy groups -OCH3 is 1. The third-order valence-corrected chi connectivity index (χ3v) is 5.15. The fourth-order valence-electron chi connectivity index (χ4n) is 1.94. The highest BCUT2D eigenvalue weighted by molar-refractivity contribution is 7.89. The van der Waals surface area contributed by atoms with Crippen LogP contribution in [0.4, 0.5) is 0 Å². The summed E-state index contributed by atoms with van der Waals surface area (Å²) in [5.41, 5.74) is 0.727. The minimum Gasteiger partial charge on any atom is -0.375 e. The van der Waals surface area contributed by atoms with Crippen molar-refractivity contribution in [3.63, 3.8) is 0 Å². The number of benzene rings is 2. The Kier molecular flexibility index (Phi) is 5.83. The van der Waals surface area contributed by atoms with Crippen molar-refractivity contribution in [3.8, 4) is 0 Å². The van der Waals surface area contributed by atoms with Gasteiger partial charge in [0.25, 0.3) is 0 Å². The lowest BCUT2D eigenvalue weighted by atomic mass is 10.1. The monoisotopic (exact) mass is 359 g/mol. The number of rotatable bonds is 6. The molecule has 0 amide bonds. The van der Waals surface area contributed by atoms with E-state index in [0.29, 0.717) is 10.0 Å². The summed E-state index contributed by atoms with van der Waals surface area (Å²) in [6.07, 6.45) is -0.476. The average Bonchev–Trinajstić information content (AvgIpc) is 2.50. The molecule has 7 heteroatoms. The van der Waals surface area contributed by atoms with Crippen LogP contribution in [0.2, 0.25) is 10.0 Å². The maximum Gasteiger partial charge on any atom is 0.240 e. The molecule has 0 spiro atoms. The van der Waals surface area contributed by atoms with Crippen LogP contribution in [0.1, 0.15) is 11.7 Å². The first-order valence-electron chi connectivity index (χ1n) is 6.46. The summed E-state index contributed by atoms with van der Waals surface area (Å²) in [5.74, 6) is 0. The first-order valence-corrected chi connectivity index (χ1v) is 8.70. The van der Waals surface area contributed by atoms with Crippen LogP contribution in [-0.2, 0) is 14.8 Å². The topological polar surface area (TPSA) is 55.4 Å². The Bertz CT molecular complexity index is 733. The molecule has 0 saturated heterocycles. The maximum absolute atomic E-state index is 12.2. The van der Waals surface area contributed by atoms with E-state index in [1.165, 1.54) is 31.4 Å². The van der Waals surface area contributed by atoms with Crippen LogP contribution in [0.5, 0.6) is 0 Å². The number of hydrogen-bond acceptors (Lipinski definition) is 3. The summed E-state index contributed by atoms with van der Waals surface area (Å²) in [7, 11) is -2.13. The second-order valence-electron chi connectivity index (χ2n) is 4.55. The number of ether oxygens (including phenoxy) is 1. The second kappa shape index (κ2) is 7.44. The van der Waals surface area contributed by atoms with Crippen LogP contribution in [0.15, 0.2) is 53.4 Å². The van der Waals surface area contributed by atoms with Crippen LogP contribution in [0.3, 0.4) is 0 Å². The number of nitrogens with one attached hydrogen (secondary N) is 1. The average molecular weight is 360 g/mol. The molecule has 118 valence electrons. The van der Waals surface area contributed by atoms with Gasteiger partial charge in [-0.05, 0) is 30.3 Å². The summed E-state index contributed by atoms with van der Waals surface area (Å²) < 4.78 is 32.3. The van der Waals surface area contributed by atoms with Gasteiger partial charge in [-0.2, -0.15) is 0 Å². The van der Waals surface area contributed by atoms with Crippen LogP contribution in [-0.4, -0.2) is 22.1 Å². The molecule has 0 aromatic heterocycles. The zero-order chi connectivity index (χ0) is 16.2. The van der Waals surface area contributed by atoms with E-state index < -0.39 is 16.1 Å². The second-order valence-corrected chi connectivity index (χ2v) is 7.16. The van der Waals surface area contributed by atoms with Gasteiger partial charge in [0.1, 0.15) is 0 Å². The van der Waals surface area contributed by atoms with E-state index in [4.69, 9.17) is 27.9 Å². The van der Waals surface area contributed by atoms with Crippen LogP contribution in [0.25, 0.3) is 0 Å². The SMILES string of the molecule is COC(CNS(=O)(=O)c1ccc(Cl)cc1)c1ccccc1Cl. The van der Waals surface area contributed by atoms with Crippen molar-refractivity contribution >= 4 is 33.2 Å². The Morgan fingerprint density at radius 1 is 1.09 bits per heavy atom. The number of halogens is 2. The van der Waals surface area contributed by atoms with Gasteiger partial charge in [-0.1, -0.05) is 41.4 Å². The molecule has 0 heterocycles. The number of sulfonamides is 1. The Morgan fingerprint density at radius 2 is 1.73 bits per heavy atom. The Balaban J connectivity index is 2.13. The van der Waals surface area contributed by atoms with E-state index in [-0.39, 0.29) is 11.4 Å². The smallest absolute Gasteiger partial charge is 0.240 e. The molecule has 1 atom stereocenters. The predicted molar refractivity (Wildman–Crippen MR) is 87.8 cm³/mol. The van der Waals surface area contributed by atoms with Gasteiger partial charge in [0.15, 0.2) is 0 Å². The van der Waals surface area contributed by atoms with Crippen molar-refractivity contribution in [2.45, 2.75) is 11.0 Å². The van der Waals surface area contributed by atoms with Crippen molar-refractivity contribution < 1.29 is 13.2 Å². The lowest BCUT2D eigenvalue weighted by Crippen LogP contribution is -2.29. The van der Waals surface area contributed by atoms with E-state index in [0.717, 1.165) is 5.56 Å². The molecule has 2 rings (SSSR count). The third-order valence-electron chi connectivity index (χ3n) is 3.12. The summed E-state index contributed by atoms with van der Waals surface area (Å²) in [6.45, 7) is 0.0746. The van der Waals surface area contributed by atoms with E-state index >= 15 is 0 Å². The van der Waals surface area contributed by atoms with Crippen molar-refractivity contribution in [2.75, 3.05) is 13.7 Å². The Labute approximate surface area is 140 Å². The van der Waals surface area contributed by atoms with Crippen molar-refractivity contribution in [1.82, 2.24) is 4.72 Å². The molecular formula is C15H15Cl2NO3S. The maximum atomic E-state index is 12.2. The normalized spacial score (nSPS) is 13.0. The largest absolute Gasteiger partial charge is 0.375 e. The standard InChI is InChI=1S/C15H15Cl2NO3S/c1-21-15(13-4-2-3-5-14(13)17)10-18-22(19,20)12-8-6-11(16)7-9-12/h2-9,15,18H,10H2,1H3. The van der Waals surface area contributed by atoms with Crippen molar-refractivity contribution in [1.29, 1.82) is 0 Å². The van der Waals surface area contributed by atoms with Crippen LogP contribution < -0.4 is 4.72 Å². The Hall–Kier alpha value is -1.11. The van der Waals surface area contributed by atoms with Crippen molar-refractivity contribution in [3.05, 3.63) is 64.1 Å². The molecular weight excluding hydrogens is 345 g/mol. The van der Waals surface area contributed by atoms with Gasteiger partial charge < -0.3 is 4.74 Å². The fourth-order valence-corrected chi connectivity index (χ4v) is 3.35.